The molecule has 0 unspecified atom stereocenters. The maximum Gasteiger partial charge on any atom is 0.0799 e. The first-order valence-corrected chi connectivity index (χ1v) is 9.43. The van der Waals surface area contributed by atoms with Gasteiger partial charge in [-0.2, -0.15) is 0 Å². The summed E-state index contributed by atoms with van der Waals surface area (Å²) in [5.74, 6) is 0. The third kappa shape index (κ3) is 2.54. The molecule has 0 aliphatic rings. The second-order valence-electron chi connectivity index (χ2n) is 5.41. The molecule has 0 radical (unpaired) electrons. The molecule has 18 heavy (non-hydrogen) atoms. The van der Waals surface area contributed by atoms with Gasteiger partial charge in [0.1, 0.15) is 0 Å². The predicted molar refractivity (Wildman–Crippen MR) is 82.1 cm³/mol. The van der Waals surface area contributed by atoms with E-state index in [1.165, 1.54) is 12.1 Å². The minimum atomic E-state index is -2.28. The van der Waals surface area contributed by atoms with Crippen molar-refractivity contribution in [3.8, 4) is 11.3 Å². The molecule has 2 aromatic rings. The number of hydrogen-bond donors (Lipinski definition) is 0. The van der Waals surface area contributed by atoms with Gasteiger partial charge in [0.2, 0.25) is 0 Å². The molecule has 1 nitrogen and oxygen atoms in total. The van der Waals surface area contributed by atoms with E-state index in [4.69, 9.17) is 8.22 Å². The molecular formula is C16H21NSi. The Morgan fingerprint density at radius 2 is 1.78 bits per heavy atom. The van der Waals surface area contributed by atoms with Crippen molar-refractivity contribution >= 4 is 13.3 Å². The summed E-state index contributed by atoms with van der Waals surface area (Å²) in [6, 6.07) is 8.12. The molecule has 2 rings (SSSR count). The molecule has 94 valence electrons. The van der Waals surface area contributed by atoms with E-state index in [1.807, 2.05) is 0 Å². The van der Waals surface area contributed by atoms with Gasteiger partial charge in [-0.05, 0) is 36.1 Å². The van der Waals surface area contributed by atoms with Crippen molar-refractivity contribution in [1.82, 2.24) is 4.98 Å². The Morgan fingerprint density at radius 3 is 2.44 bits per heavy atom. The lowest BCUT2D eigenvalue weighted by Gasteiger charge is -2.19. The molecule has 0 bridgehead atoms. The number of aromatic nitrogens is 1. The molecule has 0 fully saturated rings. The summed E-state index contributed by atoms with van der Waals surface area (Å²) in [6.07, 6.45) is 1.61. The summed E-state index contributed by atoms with van der Waals surface area (Å²) in [5.41, 5.74) is 1.28. The lowest BCUT2D eigenvalue weighted by Crippen LogP contribution is -2.39. The zero-order valence-electron chi connectivity index (χ0n) is 16.9. The van der Waals surface area contributed by atoms with Gasteiger partial charge in [-0.15, -0.1) is 0 Å². The average molecular weight is 261 g/mol. The normalized spacial score (nSPS) is 17.9. The van der Waals surface area contributed by atoms with Crippen LogP contribution in [0.1, 0.15) is 19.4 Å². The minimum absolute atomic E-state index is 0.176. The first-order valence-electron chi connectivity index (χ1n) is 8.93. The molecular weight excluding hydrogens is 234 g/mol. The molecule has 0 amide bonds. The monoisotopic (exact) mass is 261 g/mol. The van der Waals surface area contributed by atoms with Crippen molar-refractivity contribution in [3.63, 3.8) is 0 Å². The van der Waals surface area contributed by atoms with Crippen LogP contribution in [0.5, 0.6) is 0 Å². The largest absolute Gasteiger partial charge is 0.256 e. The Morgan fingerprint density at radius 1 is 1.06 bits per heavy atom. The molecule has 2 heteroatoms. The van der Waals surface area contributed by atoms with Gasteiger partial charge in [0, 0.05) is 20.0 Å². The molecule has 0 saturated heterocycles. The van der Waals surface area contributed by atoms with Crippen molar-refractivity contribution in [1.29, 1.82) is 0 Å². The van der Waals surface area contributed by atoms with Crippen LogP contribution in [0.3, 0.4) is 0 Å². The van der Waals surface area contributed by atoms with Crippen LogP contribution in [0.2, 0.25) is 19.6 Å². The molecule has 1 aromatic heterocycles. The summed E-state index contributed by atoms with van der Waals surface area (Å²) in [7, 11) is -1.90. The highest BCUT2D eigenvalue weighted by Crippen LogP contribution is 2.21. The fourth-order valence-electron chi connectivity index (χ4n) is 1.91. The van der Waals surface area contributed by atoms with Crippen LogP contribution in [-0.4, -0.2) is 13.1 Å². The van der Waals surface area contributed by atoms with Crippen LogP contribution in [0.25, 0.3) is 11.3 Å². The average Bonchev–Trinajstić information content (AvgIpc) is 2.44. The highest BCUT2D eigenvalue weighted by Gasteiger charge is 2.19. The van der Waals surface area contributed by atoms with Crippen molar-refractivity contribution in [2.24, 2.45) is 0 Å². The van der Waals surface area contributed by atoms with E-state index in [0.29, 0.717) is 11.3 Å². The smallest absolute Gasteiger partial charge is 0.0799 e. The Balaban J connectivity index is 2.72. The van der Waals surface area contributed by atoms with Crippen LogP contribution in [0, 0.1) is 13.7 Å². The van der Waals surface area contributed by atoms with Crippen molar-refractivity contribution in [2.75, 3.05) is 0 Å². The van der Waals surface area contributed by atoms with Gasteiger partial charge in [0.15, 0.2) is 0 Å². The number of nitrogens with zero attached hydrogens (tertiary/aromatic N) is 1. The number of pyridine rings is 1. The zero-order valence-corrected chi connectivity index (χ0v) is 11.9. The van der Waals surface area contributed by atoms with E-state index in [2.05, 4.69) is 24.6 Å². The molecule has 0 spiro atoms. The molecule has 0 aliphatic carbocycles. The summed E-state index contributed by atoms with van der Waals surface area (Å²) in [5, 5.41) is 0.776. The Kier molecular flexibility index (Phi) is 1.89. The van der Waals surface area contributed by atoms with Gasteiger partial charge in [-0.1, -0.05) is 43.9 Å². The molecule has 0 N–H and O–H groups in total. The van der Waals surface area contributed by atoms with Crippen LogP contribution < -0.4 is 5.19 Å². The second kappa shape index (κ2) is 4.69. The topological polar surface area (TPSA) is 12.9 Å². The Hall–Kier alpha value is -1.41. The molecule has 0 saturated carbocycles. The summed E-state index contributed by atoms with van der Waals surface area (Å²) < 4.78 is 46.6. The minimum Gasteiger partial charge on any atom is -0.256 e. The first kappa shape index (κ1) is 7.24. The number of benzene rings is 1. The predicted octanol–water partition coefficient (Wildman–Crippen LogP) is 3.91. The van der Waals surface area contributed by atoms with Gasteiger partial charge in [0.05, 0.1) is 13.8 Å². The van der Waals surface area contributed by atoms with Crippen molar-refractivity contribution in [2.45, 2.75) is 33.3 Å². The SMILES string of the molecule is [2H]C([2H])([2H])c1ccccc1-c1cc(C([2H])([2H])[2H])c([Si](C)(C)C)cn1. The van der Waals surface area contributed by atoms with Crippen LogP contribution in [0.4, 0.5) is 0 Å². The first-order chi connectivity index (χ1) is 10.8. The second-order valence-corrected chi connectivity index (χ2v) is 10.4. The maximum atomic E-state index is 7.85. The third-order valence-corrected chi connectivity index (χ3v) is 4.93. The van der Waals surface area contributed by atoms with Gasteiger partial charge in [0.25, 0.3) is 0 Å². The van der Waals surface area contributed by atoms with Gasteiger partial charge >= 0.3 is 0 Å². The summed E-state index contributed by atoms with van der Waals surface area (Å²) >= 11 is 0. The van der Waals surface area contributed by atoms with E-state index < -0.39 is 21.8 Å². The van der Waals surface area contributed by atoms with E-state index in [0.717, 1.165) is 5.19 Å². The Bertz CT molecular complexity index is 743. The van der Waals surface area contributed by atoms with Crippen molar-refractivity contribution in [3.05, 3.63) is 47.7 Å². The quantitative estimate of drug-likeness (QED) is 0.747. The fraction of sp³-hybridized carbons (Fsp3) is 0.312. The fourth-order valence-corrected chi connectivity index (χ4v) is 3.24. The highest BCUT2D eigenvalue weighted by molar-refractivity contribution is 6.89. The lowest BCUT2D eigenvalue weighted by atomic mass is 10.0. The third-order valence-electron chi connectivity index (χ3n) is 2.91. The summed E-state index contributed by atoms with van der Waals surface area (Å²) in [4.78, 5) is 4.40. The standard InChI is InChI=1S/C16H21NSi/c1-12-8-6-7-9-14(12)15-10-13(2)16(11-17-15)18(3,4)5/h6-11H,1-5H3/i1D3,2D3. The number of aryl methyl sites for hydroxylation is 2. The lowest BCUT2D eigenvalue weighted by molar-refractivity contribution is 1.29. The van der Waals surface area contributed by atoms with Gasteiger partial charge in [-0.3, -0.25) is 4.98 Å². The van der Waals surface area contributed by atoms with Gasteiger partial charge < -0.3 is 0 Å². The van der Waals surface area contributed by atoms with Gasteiger partial charge in [-0.25, -0.2) is 0 Å². The van der Waals surface area contributed by atoms with Crippen LogP contribution in [-0.2, 0) is 0 Å². The van der Waals surface area contributed by atoms with E-state index in [1.54, 1.807) is 24.4 Å². The highest BCUT2D eigenvalue weighted by atomic mass is 28.3. The maximum absolute atomic E-state index is 7.85. The Labute approximate surface area is 119 Å². The van der Waals surface area contributed by atoms with E-state index in [9.17, 15) is 0 Å². The zero-order chi connectivity index (χ0) is 18.3. The van der Waals surface area contributed by atoms with Crippen LogP contribution >= 0.6 is 0 Å². The van der Waals surface area contributed by atoms with Crippen LogP contribution in [0.15, 0.2) is 36.5 Å². The number of rotatable bonds is 2. The molecule has 0 atom stereocenters. The molecule has 1 aromatic carbocycles. The van der Waals surface area contributed by atoms with Crippen molar-refractivity contribution < 1.29 is 8.22 Å². The molecule has 0 aliphatic heterocycles. The summed E-state index contributed by atoms with van der Waals surface area (Å²) in [6.45, 7) is 1.65. The van der Waals surface area contributed by atoms with E-state index >= 15 is 0 Å². The number of hydrogen-bond acceptors (Lipinski definition) is 1. The van der Waals surface area contributed by atoms with E-state index in [-0.39, 0.29) is 11.1 Å². The molecule has 1 heterocycles.